The monoisotopic (exact) mass is 261 g/mol. The fraction of sp³-hybridized carbons (Fsp3) is 0.917. The maximum Gasteiger partial charge on any atom is 0.410 e. The van der Waals surface area contributed by atoms with Crippen LogP contribution in [-0.2, 0) is 14.2 Å². The average molecular weight is 261 g/mol. The van der Waals surface area contributed by atoms with Crippen LogP contribution in [0.4, 0.5) is 4.79 Å². The molecule has 0 aromatic rings. The van der Waals surface area contributed by atoms with Crippen molar-refractivity contribution >= 4 is 6.09 Å². The van der Waals surface area contributed by atoms with Gasteiger partial charge in [0, 0.05) is 6.54 Å². The first-order valence-electron chi connectivity index (χ1n) is 6.20. The van der Waals surface area contributed by atoms with Crippen LogP contribution in [0.2, 0.25) is 0 Å². The van der Waals surface area contributed by atoms with E-state index in [0.717, 1.165) is 0 Å². The van der Waals surface area contributed by atoms with E-state index in [9.17, 15) is 4.79 Å². The molecule has 1 saturated heterocycles. The maximum absolute atomic E-state index is 11.9. The van der Waals surface area contributed by atoms with E-state index >= 15 is 0 Å². The number of amides is 1. The molecule has 1 N–H and O–H groups in total. The summed E-state index contributed by atoms with van der Waals surface area (Å²) in [7, 11) is 0. The standard InChI is InChI=1S/C12H23NO5/c1-12(2,3)18-11(15)13-4-6-16-9-10(8-13)17-7-5-14/h10,14H,4-9H2,1-3H3/t10-/m0/s1. The number of rotatable bonds is 3. The van der Waals surface area contributed by atoms with Crippen molar-refractivity contribution in [2.75, 3.05) is 39.5 Å². The van der Waals surface area contributed by atoms with Gasteiger partial charge >= 0.3 is 6.09 Å². The summed E-state index contributed by atoms with van der Waals surface area (Å²) in [5.74, 6) is 0. The third-order valence-corrected chi connectivity index (χ3v) is 2.33. The third-order valence-electron chi connectivity index (χ3n) is 2.33. The van der Waals surface area contributed by atoms with E-state index in [1.54, 1.807) is 4.90 Å². The van der Waals surface area contributed by atoms with E-state index in [1.807, 2.05) is 20.8 Å². The Hall–Kier alpha value is -0.850. The molecule has 1 heterocycles. The molecule has 0 aromatic heterocycles. The minimum absolute atomic E-state index is 0.0388. The SMILES string of the molecule is CC(C)(C)OC(=O)N1CCOC[C@@H](OCCO)C1. The van der Waals surface area contributed by atoms with E-state index in [0.29, 0.717) is 26.3 Å². The normalized spacial score (nSPS) is 21.6. The van der Waals surface area contributed by atoms with Crippen molar-refractivity contribution in [3.8, 4) is 0 Å². The summed E-state index contributed by atoms with van der Waals surface area (Å²) in [6, 6.07) is 0. The molecule has 6 heteroatoms. The summed E-state index contributed by atoms with van der Waals surface area (Å²) in [6.07, 6.45) is -0.572. The molecule has 0 aliphatic carbocycles. The first-order chi connectivity index (χ1) is 8.42. The molecule has 1 amide bonds. The van der Waals surface area contributed by atoms with Gasteiger partial charge in [0.25, 0.3) is 0 Å². The molecule has 1 fully saturated rings. The highest BCUT2D eigenvalue weighted by atomic mass is 16.6. The largest absolute Gasteiger partial charge is 0.444 e. The number of carbonyl (C=O) groups excluding carboxylic acids is 1. The van der Waals surface area contributed by atoms with Gasteiger partial charge in [-0.2, -0.15) is 0 Å². The lowest BCUT2D eigenvalue weighted by atomic mass is 10.2. The molecule has 6 nitrogen and oxygen atoms in total. The Balaban J connectivity index is 2.50. The number of aliphatic hydroxyl groups is 1. The van der Waals surface area contributed by atoms with E-state index in [4.69, 9.17) is 19.3 Å². The first kappa shape index (κ1) is 15.2. The van der Waals surface area contributed by atoms with Gasteiger partial charge < -0.3 is 24.2 Å². The van der Waals surface area contributed by atoms with Crippen molar-refractivity contribution in [3.63, 3.8) is 0 Å². The van der Waals surface area contributed by atoms with Crippen LogP contribution >= 0.6 is 0 Å². The number of carbonyl (C=O) groups is 1. The van der Waals surface area contributed by atoms with Crippen LogP contribution in [0.1, 0.15) is 20.8 Å². The molecular formula is C12H23NO5. The van der Waals surface area contributed by atoms with E-state index < -0.39 is 5.60 Å². The lowest BCUT2D eigenvalue weighted by Crippen LogP contribution is -2.42. The second kappa shape index (κ2) is 6.92. The summed E-state index contributed by atoms with van der Waals surface area (Å²) in [6.45, 7) is 7.52. The topological polar surface area (TPSA) is 68.2 Å². The molecule has 18 heavy (non-hydrogen) atoms. The second-order valence-corrected chi connectivity index (χ2v) is 5.22. The Morgan fingerprint density at radius 3 is 2.83 bits per heavy atom. The van der Waals surface area contributed by atoms with Gasteiger partial charge in [0.1, 0.15) is 5.60 Å². The van der Waals surface area contributed by atoms with Crippen LogP contribution in [0.25, 0.3) is 0 Å². The fourth-order valence-corrected chi connectivity index (χ4v) is 1.59. The molecule has 0 bridgehead atoms. The van der Waals surface area contributed by atoms with Crippen molar-refractivity contribution in [1.82, 2.24) is 4.90 Å². The van der Waals surface area contributed by atoms with Gasteiger partial charge in [-0.1, -0.05) is 0 Å². The zero-order valence-electron chi connectivity index (χ0n) is 11.3. The molecule has 1 aliphatic heterocycles. The predicted octanol–water partition coefficient (Wildman–Crippen LogP) is 0.631. The minimum atomic E-state index is -0.508. The molecule has 106 valence electrons. The van der Waals surface area contributed by atoms with E-state index in [-0.39, 0.29) is 25.4 Å². The van der Waals surface area contributed by atoms with Crippen LogP contribution in [-0.4, -0.2) is 67.3 Å². The zero-order chi connectivity index (χ0) is 13.6. The van der Waals surface area contributed by atoms with Gasteiger partial charge in [-0.15, -0.1) is 0 Å². The van der Waals surface area contributed by atoms with Gasteiger partial charge in [0.15, 0.2) is 0 Å². The van der Waals surface area contributed by atoms with Crippen LogP contribution in [0.15, 0.2) is 0 Å². The van der Waals surface area contributed by atoms with Gasteiger partial charge in [0.2, 0.25) is 0 Å². The Labute approximate surface area is 108 Å². The van der Waals surface area contributed by atoms with Crippen molar-refractivity contribution in [3.05, 3.63) is 0 Å². The lowest BCUT2D eigenvalue weighted by molar-refractivity contribution is -0.0227. The lowest BCUT2D eigenvalue weighted by Gasteiger charge is -2.27. The number of hydrogen-bond acceptors (Lipinski definition) is 5. The maximum atomic E-state index is 11.9. The van der Waals surface area contributed by atoms with Gasteiger partial charge in [-0.05, 0) is 20.8 Å². The third kappa shape index (κ3) is 5.66. The Morgan fingerprint density at radius 2 is 2.22 bits per heavy atom. The summed E-state index contributed by atoms with van der Waals surface area (Å²) in [5, 5.41) is 8.72. The highest BCUT2D eigenvalue weighted by Gasteiger charge is 2.26. The van der Waals surface area contributed by atoms with Gasteiger partial charge in [0.05, 0.1) is 39.1 Å². The number of hydrogen-bond donors (Lipinski definition) is 1. The molecule has 0 aromatic carbocycles. The highest BCUT2D eigenvalue weighted by Crippen LogP contribution is 2.12. The predicted molar refractivity (Wildman–Crippen MR) is 65.5 cm³/mol. The number of nitrogens with zero attached hydrogens (tertiary/aromatic N) is 1. The van der Waals surface area contributed by atoms with Crippen LogP contribution in [0, 0.1) is 0 Å². The summed E-state index contributed by atoms with van der Waals surface area (Å²) in [5.41, 5.74) is -0.508. The first-order valence-corrected chi connectivity index (χ1v) is 6.20. The van der Waals surface area contributed by atoms with Crippen molar-refractivity contribution in [2.45, 2.75) is 32.5 Å². The summed E-state index contributed by atoms with van der Waals surface area (Å²) in [4.78, 5) is 13.5. The fourth-order valence-electron chi connectivity index (χ4n) is 1.59. The van der Waals surface area contributed by atoms with Crippen molar-refractivity contribution in [2.24, 2.45) is 0 Å². The molecule has 0 radical (unpaired) electrons. The highest BCUT2D eigenvalue weighted by molar-refractivity contribution is 5.68. The number of ether oxygens (including phenoxy) is 3. The van der Waals surface area contributed by atoms with Crippen LogP contribution in [0.5, 0.6) is 0 Å². The summed E-state index contributed by atoms with van der Waals surface area (Å²) < 4.78 is 16.1. The Morgan fingerprint density at radius 1 is 1.50 bits per heavy atom. The zero-order valence-corrected chi connectivity index (χ0v) is 11.3. The van der Waals surface area contributed by atoms with Crippen LogP contribution < -0.4 is 0 Å². The molecule has 0 spiro atoms. The molecule has 1 rings (SSSR count). The van der Waals surface area contributed by atoms with Crippen molar-refractivity contribution < 1.29 is 24.1 Å². The molecule has 0 unspecified atom stereocenters. The molecule has 1 atom stereocenters. The van der Waals surface area contributed by atoms with E-state index in [2.05, 4.69) is 0 Å². The van der Waals surface area contributed by atoms with Gasteiger partial charge in [-0.25, -0.2) is 4.79 Å². The van der Waals surface area contributed by atoms with Crippen molar-refractivity contribution in [1.29, 1.82) is 0 Å². The average Bonchev–Trinajstić information content (AvgIpc) is 2.49. The number of aliphatic hydroxyl groups excluding tert-OH is 1. The van der Waals surface area contributed by atoms with Gasteiger partial charge in [-0.3, -0.25) is 0 Å². The van der Waals surface area contributed by atoms with Crippen LogP contribution in [0.3, 0.4) is 0 Å². The molecule has 0 saturated carbocycles. The second-order valence-electron chi connectivity index (χ2n) is 5.22. The molecular weight excluding hydrogens is 238 g/mol. The van der Waals surface area contributed by atoms with E-state index in [1.165, 1.54) is 0 Å². The Kier molecular flexibility index (Phi) is 5.84. The summed E-state index contributed by atoms with van der Waals surface area (Å²) >= 11 is 0. The smallest absolute Gasteiger partial charge is 0.410 e. The quantitative estimate of drug-likeness (QED) is 0.807. The minimum Gasteiger partial charge on any atom is -0.444 e. The Bertz CT molecular complexity index is 264. The molecule has 1 aliphatic rings.